The molecule has 2 unspecified atom stereocenters. The summed E-state index contributed by atoms with van der Waals surface area (Å²) in [5.74, 6) is -1.19. The summed E-state index contributed by atoms with van der Waals surface area (Å²) in [4.78, 5) is 30.7. The van der Waals surface area contributed by atoms with Crippen LogP contribution in [0, 0.1) is 20.2 Å². The minimum Gasteiger partial charge on any atom is -0.480 e. The molecule has 0 saturated heterocycles. The van der Waals surface area contributed by atoms with Gasteiger partial charge < -0.3 is 16.6 Å². The van der Waals surface area contributed by atoms with Gasteiger partial charge in [0.2, 0.25) is 0 Å². The molecule has 0 bridgehead atoms. The van der Waals surface area contributed by atoms with Crippen molar-refractivity contribution < 1.29 is 19.7 Å². The molecule has 1 rings (SSSR count). The fourth-order valence-corrected chi connectivity index (χ4v) is 1.76. The van der Waals surface area contributed by atoms with Crippen molar-refractivity contribution in [3.8, 4) is 0 Å². The number of carboxylic acids is 1. The molecule has 0 amide bonds. The number of benzene rings is 1. The van der Waals surface area contributed by atoms with Gasteiger partial charge in [-0.15, -0.1) is 0 Å². The SMILES string of the molecule is NC(CCC(N)c1ccc([N+](=O)[O-])cc1[N+](=O)[O-])C(=O)O. The van der Waals surface area contributed by atoms with Gasteiger partial charge in [-0.3, -0.25) is 25.0 Å². The molecule has 10 heteroatoms. The summed E-state index contributed by atoms with van der Waals surface area (Å²) in [6.07, 6.45) is 0.136. The zero-order valence-electron chi connectivity index (χ0n) is 10.8. The zero-order chi connectivity index (χ0) is 16.2. The summed E-state index contributed by atoms with van der Waals surface area (Å²) >= 11 is 0. The van der Waals surface area contributed by atoms with Gasteiger partial charge in [-0.1, -0.05) is 0 Å². The molecular weight excluding hydrogens is 284 g/mol. The second-order valence-corrected chi connectivity index (χ2v) is 4.39. The van der Waals surface area contributed by atoms with Crippen LogP contribution in [0.4, 0.5) is 11.4 Å². The highest BCUT2D eigenvalue weighted by Gasteiger charge is 2.24. The fraction of sp³-hybridized carbons (Fsp3) is 0.364. The van der Waals surface area contributed by atoms with Crippen LogP contribution in [0.25, 0.3) is 0 Å². The number of nitro groups is 2. The maximum atomic E-state index is 11.0. The van der Waals surface area contributed by atoms with Crippen LogP contribution in [0.3, 0.4) is 0 Å². The summed E-state index contributed by atoms with van der Waals surface area (Å²) in [6, 6.07) is 1.18. The van der Waals surface area contributed by atoms with Crippen molar-refractivity contribution in [3.63, 3.8) is 0 Å². The molecule has 1 aromatic carbocycles. The number of nitrogens with zero attached hydrogens (tertiary/aromatic N) is 2. The maximum absolute atomic E-state index is 11.0. The fourth-order valence-electron chi connectivity index (χ4n) is 1.76. The number of rotatable bonds is 7. The quantitative estimate of drug-likeness (QED) is 0.486. The van der Waals surface area contributed by atoms with Gasteiger partial charge in [0.25, 0.3) is 11.4 Å². The van der Waals surface area contributed by atoms with E-state index in [1.165, 1.54) is 6.07 Å². The normalized spacial score (nSPS) is 13.4. The first-order chi connectivity index (χ1) is 9.73. The van der Waals surface area contributed by atoms with Crippen molar-refractivity contribution >= 4 is 17.3 Å². The van der Waals surface area contributed by atoms with Crippen molar-refractivity contribution in [1.82, 2.24) is 0 Å². The van der Waals surface area contributed by atoms with E-state index in [9.17, 15) is 25.0 Å². The minimum absolute atomic E-state index is 0.0324. The first-order valence-electron chi connectivity index (χ1n) is 5.90. The average molecular weight is 298 g/mol. The van der Waals surface area contributed by atoms with Crippen molar-refractivity contribution in [2.75, 3.05) is 0 Å². The molecule has 0 spiro atoms. The third kappa shape index (κ3) is 4.19. The maximum Gasteiger partial charge on any atom is 0.320 e. The molecule has 0 aromatic heterocycles. The Hall–Kier alpha value is -2.59. The number of hydrogen-bond acceptors (Lipinski definition) is 7. The van der Waals surface area contributed by atoms with Gasteiger partial charge in [0.05, 0.1) is 15.9 Å². The molecule has 0 aliphatic heterocycles. The molecule has 10 nitrogen and oxygen atoms in total. The smallest absolute Gasteiger partial charge is 0.320 e. The molecule has 0 saturated carbocycles. The van der Waals surface area contributed by atoms with Crippen LogP contribution in [-0.4, -0.2) is 27.0 Å². The van der Waals surface area contributed by atoms with Crippen LogP contribution >= 0.6 is 0 Å². The molecule has 0 aliphatic carbocycles. The summed E-state index contributed by atoms with van der Waals surface area (Å²) in [5, 5.41) is 30.2. The van der Waals surface area contributed by atoms with Crippen molar-refractivity contribution in [1.29, 1.82) is 0 Å². The lowest BCUT2D eigenvalue weighted by Gasteiger charge is -2.13. The largest absolute Gasteiger partial charge is 0.480 e. The number of non-ortho nitro benzene ring substituents is 1. The Labute approximate surface area is 118 Å². The summed E-state index contributed by atoms with van der Waals surface area (Å²) < 4.78 is 0. The standard InChI is InChI=1S/C11H14N4O6/c12-8(3-4-9(13)11(16)17)7-2-1-6(14(18)19)5-10(7)15(20)21/h1-2,5,8-9H,3-4,12-13H2,(H,16,17). The van der Waals surface area contributed by atoms with E-state index in [2.05, 4.69) is 0 Å². The number of nitrogens with two attached hydrogens (primary N) is 2. The summed E-state index contributed by atoms with van der Waals surface area (Å²) in [7, 11) is 0. The van der Waals surface area contributed by atoms with Crippen LogP contribution in [0.2, 0.25) is 0 Å². The first kappa shape index (κ1) is 16.5. The van der Waals surface area contributed by atoms with Gasteiger partial charge in [0, 0.05) is 17.7 Å². The Morgan fingerprint density at radius 2 is 1.81 bits per heavy atom. The first-order valence-corrected chi connectivity index (χ1v) is 5.90. The van der Waals surface area contributed by atoms with Crippen molar-refractivity contribution in [2.24, 2.45) is 11.5 Å². The molecule has 0 radical (unpaired) electrons. The number of aliphatic carboxylic acids is 1. The second kappa shape index (κ2) is 6.72. The number of carbonyl (C=O) groups is 1. The Morgan fingerprint density at radius 3 is 2.29 bits per heavy atom. The predicted molar refractivity (Wildman–Crippen MR) is 71.5 cm³/mol. The molecule has 0 fully saturated rings. The second-order valence-electron chi connectivity index (χ2n) is 4.39. The van der Waals surface area contributed by atoms with E-state index in [0.717, 1.165) is 12.1 Å². The van der Waals surface area contributed by atoms with Gasteiger partial charge in [-0.2, -0.15) is 0 Å². The van der Waals surface area contributed by atoms with E-state index >= 15 is 0 Å². The molecule has 1 aromatic rings. The van der Waals surface area contributed by atoms with Crippen molar-refractivity contribution in [2.45, 2.75) is 24.9 Å². The Bertz CT molecular complexity index is 576. The number of nitro benzene ring substituents is 2. The highest BCUT2D eigenvalue weighted by atomic mass is 16.6. The van der Waals surface area contributed by atoms with E-state index in [1.807, 2.05) is 0 Å². The lowest BCUT2D eigenvalue weighted by molar-refractivity contribution is -0.394. The summed E-state index contributed by atoms with van der Waals surface area (Å²) in [5.41, 5.74) is 10.3. The highest BCUT2D eigenvalue weighted by molar-refractivity contribution is 5.72. The van der Waals surface area contributed by atoms with Crippen LogP contribution in [0.15, 0.2) is 18.2 Å². The van der Waals surface area contributed by atoms with Gasteiger partial charge in [-0.25, -0.2) is 0 Å². The number of carboxylic acid groups (broad SMARTS) is 1. The lowest BCUT2D eigenvalue weighted by Crippen LogP contribution is -2.31. The van der Waals surface area contributed by atoms with E-state index in [0.29, 0.717) is 0 Å². The van der Waals surface area contributed by atoms with E-state index in [1.54, 1.807) is 0 Å². The molecule has 21 heavy (non-hydrogen) atoms. The molecule has 114 valence electrons. The molecular formula is C11H14N4O6. The third-order valence-corrected chi connectivity index (χ3v) is 2.93. The van der Waals surface area contributed by atoms with Gasteiger partial charge in [0.1, 0.15) is 6.04 Å². The van der Waals surface area contributed by atoms with Crippen LogP contribution < -0.4 is 11.5 Å². The zero-order valence-corrected chi connectivity index (χ0v) is 10.8. The Morgan fingerprint density at radius 1 is 1.19 bits per heavy atom. The molecule has 0 heterocycles. The molecule has 2 atom stereocenters. The minimum atomic E-state index is -1.19. The van der Waals surface area contributed by atoms with Crippen LogP contribution in [0.1, 0.15) is 24.4 Å². The predicted octanol–water partition coefficient (Wildman–Crippen LogP) is 0.695. The topological polar surface area (TPSA) is 176 Å². The average Bonchev–Trinajstić information content (AvgIpc) is 2.43. The van der Waals surface area contributed by atoms with Crippen LogP contribution in [0.5, 0.6) is 0 Å². The van der Waals surface area contributed by atoms with Gasteiger partial charge in [-0.05, 0) is 18.9 Å². The highest BCUT2D eigenvalue weighted by Crippen LogP contribution is 2.30. The van der Waals surface area contributed by atoms with E-state index in [-0.39, 0.29) is 18.4 Å². The monoisotopic (exact) mass is 298 g/mol. The lowest BCUT2D eigenvalue weighted by atomic mass is 9.98. The van der Waals surface area contributed by atoms with Crippen molar-refractivity contribution in [3.05, 3.63) is 44.0 Å². The van der Waals surface area contributed by atoms with Crippen LogP contribution in [-0.2, 0) is 4.79 Å². The Balaban J connectivity index is 2.98. The Kier molecular flexibility index (Phi) is 5.27. The number of hydrogen-bond donors (Lipinski definition) is 3. The third-order valence-electron chi connectivity index (χ3n) is 2.93. The van der Waals surface area contributed by atoms with Gasteiger partial charge in [0.15, 0.2) is 0 Å². The van der Waals surface area contributed by atoms with E-state index < -0.39 is 39.3 Å². The van der Waals surface area contributed by atoms with Gasteiger partial charge >= 0.3 is 5.97 Å². The molecule has 0 aliphatic rings. The summed E-state index contributed by atoms with van der Waals surface area (Å²) in [6.45, 7) is 0. The van der Waals surface area contributed by atoms with E-state index in [4.69, 9.17) is 16.6 Å². The molecule has 5 N–H and O–H groups in total.